The van der Waals surface area contributed by atoms with Crippen molar-refractivity contribution < 1.29 is 14.7 Å². The van der Waals surface area contributed by atoms with Crippen molar-refractivity contribution in [1.82, 2.24) is 15.1 Å². The van der Waals surface area contributed by atoms with Crippen LogP contribution in [-0.2, 0) is 12.8 Å². The molecule has 0 radical (unpaired) electrons. The number of benzene rings is 1. The fourth-order valence-corrected chi connectivity index (χ4v) is 3.85. The van der Waals surface area contributed by atoms with E-state index in [1.165, 1.54) is 12.1 Å². The molecule has 0 atom stereocenters. The molecule has 6 heteroatoms. The van der Waals surface area contributed by atoms with Gasteiger partial charge < -0.3 is 10.0 Å². The molecule has 1 aromatic carbocycles. The van der Waals surface area contributed by atoms with Crippen LogP contribution in [-0.4, -0.2) is 45.0 Å². The average Bonchev–Trinajstić information content (AvgIpc) is 3.25. The second-order valence-electron chi connectivity index (χ2n) is 6.86. The number of aryl methyl sites for hydroxylation is 1. The van der Waals surface area contributed by atoms with Gasteiger partial charge in [0.05, 0.1) is 0 Å². The number of piperidine rings is 1. The third-order valence-corrected chi connectivity index (χ3v) is 5.31. The Kier molecular flexibility index (Phi) is 4.03. The number of hydrogen-bond donors (Lipinski definition) is 2. The number of hydrogen-bond acceptors (Lipinski definition) is 4. The summed E-state index contributed by atoms with van der Waals surface area (Å²) in [5.41, 5.74) is 3.36. The van der Waals surface area contributed by atoms with Gasteiger partial charge in [0.1, 0.15) is 5.75 Å². The zero-order valence-corrected chi connectivity index (χ0v) is 14.0. The molecule has 1 aromatic heterocycles. The SMILES string of the molecule is O=C(c1ccc(O)cc1)C1CCN(C(=O)c2n[nH]c3c2CCC3)CC1. The molecule has 0 unspecified atom stereocenters. The molecule has 2 aliphatic rings. The highest BCUT2D eigenvalue weighted by Gasteiger charge is 2.31. The Hall–Kier alpha value is -2.63. The molecule has 25 heavy (non-hydrogen) atoms. The molecule has 1 saturated heterocycles. The second-order valence-corrected chi connectivity index (χ2v) is 6.86. The van der Waals surface area contributed by atoms with Gasteiger partial charge in [0.15, 0.2) is 11.5 Å². The number of ketones is 1. The molecule has 1 aliphatic heterocycles. The lowest BCUT2D eigenvalue weighted by atomic mass is 9.88. The first kappa shape index (κ1) is 15.9. The van der Waals surface area contributed by atoms with Crippen molar-refractivity contribution in [2.75, 3.05) is 13.1 Å². The summed E-state index contributed by atoms with van der Waals surface area (Å²) in [6.07, 6.45) is 4.30. The van der Waals surface area contributed by atoms with E-state index in [2.05, 4.69) is 10.2 Å². The average molecular weight is 339 g/mol. The quantitative estimate of drug-likeness (QED) is 0.841. The summed E-state index contributed by atoms with van der Waals surface area (Å²) in [6, 6.07) is 6.37. The largest absolute Gasteiger partial charge is 0.508 e. The van der Waals surface area contributed by atoms with Crippen molar-refractivity contribution in [3.05, 3.63) is 46.8 Å². The van der Waals surface area contributed by atoms with E-state index < -0.39 is 0 Å². The van der Waals surface area contributed by atoms with E-state index >= 15 is 0 Å². The lowest BCUT2D eigenvalue weighted by Crippen LogP contribution is -2.40. The summed E-state index contributed by atoms with van der Waals surface area (Å²) < 4.78 is 0. The Morgan fingerprint density at radius 3 is 2.56 bits per heavy atom. The number of amides is 1. The summed E-state index contributed by atoms with van der Waals surface area (Å²) in [6.45, 7) is 1.16. The second kappa shape index (κ2) is 6.35. The highest BCUT2D eigenvalue weighted by Crippen LogP contribution is 2.27. The van der Waals surface area contributed by atoms with E-state index in [9.17, 15) is 14.7 Å². The molecule has 4 rings (SSSR count). The van der Waals surface area contributed by atoms with Crippen LogP contribution in [0.1, 0.15) is 51.4 Å². The summed E-state index contributed by atoms with van der Waals surface area (Å²) >= 11 is 0. The van der Waals surface area contributed by atoms with Crippen molar-refractivity contribution in [3.8, 4) is 5.75 Å². The van der Waals surface area contributed by atoms with E-state index in [-0.39, 0.29) is 23.4 Å². The summed E-state index contributed by atoms with van der Waals surface area (Å²) in [5.74, 6) is 0.157. The van der Waals surface area contributed by atoms with Crippen LogP contribution in [0.25, 0.3) is 0 Å². The maximum absolute atomic E-state index is 12.7. The van der Waals surface area contributed by atoms with Crippen molar-refractivity contribution in [1.29, 1.82) is 0 Å². The first-order valence-corrected chi connectivity index (χ1v) is 8.82. The molecule has 2 aromatic rings. The topological polar surface area (TPSA) is 86.3 Å². The number of nitrogens with zero attached hydrogens (tertiary/aromatic N) is 2. The van der Waals surface area contributed by atoms with Crippen molar-refractivity contribution in [3.63, 3.8) is 0 Å². The number of H-pyrrole nitrogens is 1. The Morgan fingerprint density at radius 2 is 1.84 bits per heavy atom. The van der Waals surface area contributed by atoms with Crippen molar-refractivity contribution >= 4 is 11.7 Å². The van der Waals surface area contributed by atoms with E-state index in [0.29, 0.717) is 37.2 Å². The van der Waals surface area contributed by atoms with E-state index in [1.807, 2.05) is 4.90 Å². The normalized spacial score (nSPS) is 17.5. The molecule has 2 heterocycles. The summed E-state index contributed by atoms with van der Waals surface area (Å²) in [7, 11) is 0. The fraction of sp³-hybridized carbons (Fsp3) is 0.421. The number of likely N-dealkylation sites (tertiary alicyclic amines) is 1. The van der Waals surface area contributed by atoms with E-state index in [4.69, 9.17) is 0 Å². The molecule has 1 amide bonds. The monoisotopic (exact) mass is 339 g/mol. The lowest BCUT2D eigenvalue weighted by molar-refractivity contribution is 0.0644. The number of carbonyl (C=O) groups excluding carboxylic acids is 2. The van der Waals surface area contributed by atoms with Gasteiger partial charge in [-0.05, 0) is 56.4 Å². The first-order chi connectivity index (χ1) is 12.1. The first-order valence-electron chi connectivity index (χ1n) is 8.82. The molecule has 1 aliphatic carbocycles. The van der Waals surface area contributed by atoms with Crippen LogP contribution in [0, 0.1) is 5.92 Å². The number of fused-ring (bicyclic) bond motifs is 1. The Bertz CT molecular complexity index is 802. The van der Waals surface area contributed by atoms with Crippen molar-refractivity contribution in [2.24, 2.45) is 5.92 Å². The van der Waals surface area contributed by atoms with Gasteiger partial charge in [-0.15, -0.1) is 0 Å². The van der Waals surface area contributed by atoms with Gasteiger partial charge >= 0.3 is 0 Å². The van der Waals surface area contributed by atoms with Crippen LogP contribution in [0.4, 0.5) is 0 Å². The smallest absolute Gasteiger partial charge is 0.274 e. The van der Waals surface area contributed by atoms with Gasteiger partial charge in [-0.2, -0.15) is 5.10 Å². The molecular formula is C19H21N3O3. The zero-order chi connectivity index (χ0) is 17.4. The maximum atomic E-state index is 12.7. The number of rotatable bonds is 3. The standard InChI is InChI=1S/C19H21N3O3/c23-14-6-4-12(5-7-14)18(24)13-8-10-22(11-9-13)19(25)17-15-2-1-3-16(15)20-21-17/h4-7,13,23H,1-3,8-11H2,(H,20,21). The number of aromatic hydroxyl groups is 1. The molecule has 6 nitrogen and oxygen atoms in total. The fourth-order valence-electron chi connectivity index (χ4n) is 3.85. The maximum Gasteiger partial charge on any atom is 0.274 e. The van der Waals surface area contributed by atoms with Gasteiger partial charge in [-0.1, -0.05) is 0 Å². The van der Waals surface area contributed by atoms with Crippen molar-refractivity contribution in [2.45, 2.75) is 32.1 Å². The van der Waals surface area contributed by atoms with E-state index in [1.54, 1.807) is 12.1 Å². The number of Topliss-reactive ketones (excluding diaryl/α,β-unsaturated/α-hetero) is 1. The minimum atomic E-state index is -0.0708. The van der Waals surface area contributed by atoms with E-state index in [0.717, 1.165) is 30.5 Å². The molecule has 0 spiro atoms. The van der Waals surface area contributed by atoms with Gasteiger partial charge in [0, 0.05) is 35.8 Å². The lowest BCUT2D eigenvalue weighted by Gasteiger charge is -2.31. The number of nitrogens with one attached hydrogen (secondary N) is 1. The van der Waals surface area contributed by atoms with Crippen LogP contribution >= 0.6 is 0 Å². The summed E-state index contributed by atoms with van der Waals surface area (Å²) in [4.78, 5) is 27.1. The predicted octanol–water partition coefficient (Wildman–Crippen LogP) is 2.34. The third kappa shape index (κ3) is 2.92. The van der Waals surface area contributed by atoms with Gasteiger partial charge in [-0.25, -0.2) is 0 Å². The minimum Gasteiger partial charge on any atom is -0.508 e. The molecule has 130 valence electrons. The molecule has 2 N–H and O–H groups in total. The van der Waals surface area contributed by atoms with Crippen LogP contribution in [0.3, 0.4) is 0 Å². The minimum absolute atomic E-state index is 0.0186. The number of phenols is 1. The zero-order valence-electron chi connectivity index (χ0n) is 14.0. The van der Waals surface area contributed by atoms with Crippen LogP contribution < -0.4 is 0 Å². The summed E-state index contributed by atoms with van der Waals surface area (Å²) in [5, 5.41) is 16.5. The highest BCUT2D eigenvalue weighted by atomic mass is 16.3. The molecular weight excluding hydrogens is 318 g/mol. The van der Waals surface area contributed by atoms with Gasteiger partial charge in [0.25, 0.3) is 5.91 Å². The molecule has 1 fully saturated rings. The highest BCUT2D eigenvalue weighted by molar-refractivity contribution is 5.98. The molecule has 0 saturated carbocycles. The number of aromatic amines is 1. The predicted molar refractivity (Wildman–Crippen MR) is 91.7 cm³/mol. The van der Waals surface area contributed by atoms with Crippen LogP contribution in [0.5, 0.6) is 5.75 Å². The van der Waals surface area contributed by atoms with Gasteiger partial charge in [-0.3, -0.25) is 14.7 Å². The van der Waals surface area contributed by atoms with Crippen LogP contribution in [0.2, 0.25) is 0 Å². The Morgan fingerprint density at radius 1 is 1.12 bits per heavy atom. The number of carbonyl (C=O) groups is 2. The number of phenolic OH excluding ortho intramolecular Hbond substituents is 1. The Balaban J connectivity index is 1.40. The Labute approximate surface area is 145 Å². The molecule has 0 bridgehead atoms. The van der Waals surface area contributed by atoms with Crippen LogP contribution in [0.15, 0.2) is 24.3 Å². The third-order valence-electron chi connectivity index (χ3n) is 5.31. The van der Waals surface area contributed by atoms with Gasteiger partial charge in [0.2, 0.25) is 0 Å². The number of aromatic nitrogens is 2.